The van der Waals surface area contributed by atoms with Gasteiger partial charge >= 0.3 is 0 Å². The van der Waals surface area contributed by atoms with E-state index in [0.717, 1.165) is 32.2 Å². The second-order valence-electron chi connectivity index (χ2n) is 3.44. The van der Waals surface area contributed by atoms with Crippen LogP contribution in [0, 0.1) is 0 Å². The first-order valence-electron chi connectivity index (χ1n) is 4.82. The molecule has 0 aromatic carbocycles. The second-order valence-corrected chi connectivity index (χ2v) is 3.44. The fraction of sp³-hybridized carbons (Fsp3) is 0.889. The van der Waals surface area contributed by atoms with Crippen LogP contribution < -0.4 is 11.1 Å². The van der Waals surface area contributed by atoms with Crippen molar-refractivity contribution in [2.75, 3.05) is 6.54 Å². The third kappa shape index (κ3) is 3.22. The van der Waals surface area contributed by atoms with Crippen LogP contribution in [0.5, 0.6) is 0 Å². The smallest absolute Gasteiger partial charge is 0.220 e. The van der Waals surface area contributed by atoms with Crippen LogP contribution in [0.3, 0.4) is 0 Å². The average molecular weight is 174 g/mol. The van der Waals surface area contributed by atoms with Gasteiger partial charge in [0.25, 0.3) is 0 Å². The van der Waals surface area contributed by atoms with Gasteiger partial charge in [-0.05, 0) is 32.2 Å². The van der Waals surface area contributed by atoms with Crippen LogP contribution in [0.25, 0.3) is 0 Å². The van der Waals surface area contributed by atoms with Crippen molar-refractivity contribution in [1.82, 2.24) is 5.32 Å². The zero-order valence-corrected chi connectivity index (χ0v) is 7.51. The summed E-state index contributed by atoms with van der Waals surface area (Å²) in [5, 5.41) is 3.02. The predicted octanol–water partition coefficient (Wildman–Crippen LogP) is 1.28. The summed E-state index contributed by atoms with van der Waals surface area (Å²) in [7, 11) is 0. The summed E-state index contributed by atoms with van der Waals surface area (Å²) in [6.45, 7) is 0.729. The molecule has 0 spiro atoms. The first-order valence-corrected chi connectivity index (χ1v) is 4.82. The summed E-state index contributed by atoms with van der Waals surface area (Å²) in [4.78, 5) is 11.1. The standard InChI is InChI=1S/C9H18N2O.2H2/c10-7-3-5-8-4-1-2-6-9(12)11-8;;/h8H,1-7,10H2,(H,11,12);2*1H/t8-;;/m0../s1. The number of nitrogens with one attached hydrogen (secondary N) is 1. The van der Waals surface area contributed by atoms with E-state index < -0.39 is 0 Å². The van der Waals surface area contributed by atoms with E-state index in [4.69, 9.17) is 5.73 Å². The molecule has 1 aliphatic heterocycles. The van der Waals surface area contributed by atoms with Gasteiger partial charge in [0.1, 0.15) is 0 Å². The zero-order chi connectivity index (χ0) is 8.81. The van der Waals surface area contributed by atoms with E-state index in [2.05, 4.69) is 5.32 Å². The molecule has 12 heavy (non-hydrogen) atoms. The van der Waals surface area contributed by atoms with Crippen LogP contribution in [0.1, 0.15) is 41.4 Å². The van der Waals surface area contributed by atoms with Crippen LogP contribution in [0.2, 0.25) is 0 Å². The number of nitrogens with two attached hydrogens (primary N) is 1. The molecule has 0 bridgehead atoms. The minimum absolute atomic E-state index is 0. The van der Waals surface area contributed by atoms with Crippen LogP contribution in [-0.2, 0) is 4.79 Å². The molecule has 1 aliphatic rings. The second kappa shape index (κ2) is 5.14. The van der Waals surface area contributed by atoms with E-state index in [-0.39, 0.29) is 8.76 Å². The van der Waals surface area contributed by atoms with Gasteiger partial charge in [-0.3, -0.25) is 4.79 Å². The normalized spacial score (nSPS) is 24.8. The Morgan fingerprint density at radius 2 is 2.42 bits per heavy atom. The van der Waals surface area contributed by atoms with E-state index in [0.29, 0.717) is 12.5 Å². The Bertz CT molecular complexity index is 156. The molecular weight excluding hydrogens is 152 g/mol. The fourth-order valence-electron chi connectivity index (χ4n) is 1.63. The minimum atomic E-state index is 0. The van der Waals surface area contributed by atoms with E-state index in [1.165, 1.54) is 6.42 Å². The van der Waals surface area contributed by atoms with Gasteiger partial charge in [0.05, 0.1) is 0 Å². The lowest BCUT2D eigenvalue weighted by Crippen LogP contribution is -2.33. The average Bonchev–Trinajstić information content (AvgIpc) is 2.26. The van der Waals surface area contributed by atoms with Gasteiger partial charge in [-0.25, -0.2) is 0 Å². The molecule has 3 nitrogen and oxygen atoms in total. The largest absolute Gasteiger partial charge is 0.353 e. The highest BCUT2D eigenvalue weighted by Crippen LogP contribution is 2.12. The molecule has 0 aliphatic carbocycles. The number of carbonyl (C=O) groups is 1. The van der Waals surface area contributed by atoms with Crippen LogP contribution in [0.15, 0.2) is 0 Å². The van der Waals surface area contributed by atoms with Crippen LogP contribution in [-0.4, -0.2) is 18.5 Å². The van der Waals surface area contributed by atoms with E-state index in [1.807, 2.05) is 0 Å². The quantitative estimate of drug-likeness (QED) is 0.677. The molecule has 0 radical (unpaired) electrons. The fourth-order valence-corrected chi connectivity index (χ4v) is 1.63. The van der Waals surface area contributed by atoms with Gasteiger partial charge in [-0.1, -0.05) is 6.42 Å². The topological polar surface area (TPSA) is 55.1 Å². The van der Waals surface area contributed by atoms with Gasteiger partial charge in [0.2, 0.25) is 5.91 Å². The summed E-state index contributed by atoms with van der Waals surface area (Å²) >= 11 is 0. The van der Waals surface area contributed by atoms with Crippen LogP contribution >= 0.6 is 0 Å². The molecule has 1 heterocycles. The summed E-state index contributed by atoms with van der Waals surface area (Å²) in [6, 6.07) is 0.392. The molecule has 1 saturated heterocycles. The van der Waals surface area contributed by atoms with Gasteiger partial charge < -0.3 is 11.1 Å². The molecule has 0 unspecified atom stereocenters. The SMILES string of the molecule is NCCC[C@@H]1CCCCC(=O)N1.[HH].[HH]. The Kier molecular flexibility index (Phi) is 4.08. The van der Waals surface area contributed by atoms with Crippen molar-refractivity contribution in [2.24, 2.45) is 5.73 Å². The summed E-state index contributed by atoms with van der Waals surface area (Å²) < 4.78 is 0. The summed E-state index contributed by atoms with van der Waals surface area (Å²) in [5.41, 5.74) is 5.41. The lowest BCUT2D eigenvalue weighted by Gasteiger charge is -2.14. The highest BCUT2D eigenvalue weighted by molar-refractivity contribution is 5.76. The Labute approximate surface area is 76.7 Å². The number of hydrogen-bond donors (Lipinski definition) is 2. The van der Waals surface area contributed by atoms with E-state index in [1.54, 1.807) is 0 Å². The highest BCUT2D eigenvalue weighted by Gasteiger charge is 2.14. The zero-order valence-electron chi connectivity index (χ0n) is 7.51. The molecular formula is C9H22N2O. The maximum atomic E-state index is 11.1. The number of rotatable bonds is 3. The number of amides is 1. The van der Waals surface area contributed by atoms with Crippen molar-refractivity contribution in [1.29, 1.82) is 0 Å². The molecule has 0 aromatic heterocycles. The third-order valence-corrected chi connectivity index (χ3v) is 2.33. The maximum Gasteiger partial charge on any atom is 0.220 e. The lowest BCUT2D eigenvalue weighted by atomic mass is 10.1. The molecule has 1 fully saturated rings. The van der Waals surface area contributed by atoms with E-state index in [9.17, 15) is 4.79 Å². The first kappa shape index (κ1) is 9.52. The number of hydrogen-bond acceptors (Lipinski definition) is 2. The molecule has 3 heteroatoms. The van der Waals surface area contributed by atoms with Gasteiger partial charge in [-0.2, -0.15) is 0 Å². The monoisotopic (exact) mass is 174 g/mol. The molecule has 0 aromatic rings. The molecule has 1 amide bonds. The predicted molar refractivity (Wildman–Crippen MR) is 52.9 cm³/mol. The Balaban J connectivity index is 0. The van der Waals surface area contributed by atoms with Crippen LogP contribution in [0.4, 0.5) is 0 Å². The maximum absolute atomic E-state index is 11.1. The minimum Gasteiger partial charge on any atom is -0.353 e. The third-order valence-electron chi connectivity index (χ3n) is 2.33. The lowest BCUT2D eigenvalue weighted by molar-refractivity contribution is -0.121. The number of carbonyl (C=O) groups excluding carboxylic acids is 1. The van der Waals surface area contributed by atoms with Gasteiger partial charge in [0, 0.05) is 15.3 Å². The molecule has 1 atom stereocenters. The van der Waals surface area contributed by atoms with Crippen molar-refractivity contribution in [3.8, 4) is 0 Å². The Morgan fingerprint density at radius 3 is 3.17 bits per heavy atom. The Hall–Kier alpha value is -0.570. The molecule has 3 N–H and O–H groups in total. The van der Waals surface area contributed by atoms with Crippen molar-refractivity contribution in [3.05, 3.63) is 0 Å². The first-order chi connectivity index (χ1) is 5.83. The highest BCUT2D eigenvalue weighted by atomic mass is 16.1. The Morgan fingerprint density at radius 1 is 1.58 bits per heavy atom. The van der Waals surface area contributed by atoms with E-state index >= 15 is 0 Å². The summed E-state index contributed by atoms with van der Waals surface area (Å²) in [5.74, 6) is 0.217. The van der Waals surface area contributed by atoms with Gasteiger partial charge in [-0.15, -0.1) is 0 Å². The van der Waals surface area contributed by atoms with Crippen molar-refractivity contribution < 1.29 is 7.65 Å². The molecule has 0 saturated carbocycles. The van der Waals surface area contributed by atoms with Crippen molar-refractivity contribution >= 4 is 5.91 Å². The molecule has 74 valence electrons. The molecule has 1 rings (SSSR count). The van der Waals surface area contributed by atoms with Crippen molar-refractivity contribution in [2.45, 2.75) is 44.6 Å². The van der Waals surface area contributed by atoms with Gasteiger partial charge in [0.15, 0.2) is 0 Å². The van der Waals surface area contributed by atoms with Crippen molar-refractivity contribution in [3.63, 3.8) is 0 Å². The summed E-state index contributed by atoms with van der Waals surface area (Å²) in [6.07, 6.45) is 6.12.